The molecule has 1 aromatic carbocycles. The van der Waals surface area contributed by atoms with Crippen LogP contribution in [0.2, 0.25) is 0 Å². The number of benzene rings is 1. The van der Waals surface area contributed by atoms with Crippen LogP contribution in [0.15, 0.2) is 12.1 Å². The summed E-state index contributed by atoms with van der Waals surface area (Å²) in [5.74, 6) is -0.748. The highest BCUT2D eigenvalue weighted by molar-refractivity contribution is 5.45. The minimum absolute atomic E-state index is 0.0000912. The highest BCUT2D eigenvalue weighted by Gasteiger charge is 2.42. The smallest absolute Gasteiger partial charge is 0.275 e. The summed E-state index contributed by atoms with van der Waals surface area (Å²) >= 11 is 0. The molecule has 1 aromatic rings. The fourth-order valence-corrected chi connectivity index (χ4v) is 2.31. The standard InChI is InChI=1S/C14H19FN2O4/c1-3-4-20-14-10(16)7-13(14)21-12-5-8(2)11(17(18)19)6-9(12)15/h5-6,10,13-14H,3-4,7,16H2,1-2H3. The Kier molecular flexibility index (Phi) is 4.74. The second kappa shape index (κ2) is 6.36. The van der Waals surface area contributed by atoms with E-state index in [1.165, 1.54) is 6.07 Å². The van der Waals surface area contributed by atoms with E-state index in [1.807, 2.05) is 6.92 Å². The first-order chi connectivity index (χ1) is 9.93. The van der Waals surface area contributed by atoms with Gasteiger partial charge in [0.15, 0.2) is 11.6 Å². The molecule has 1 aliphatic rings. The van der Waals surface area contributed by atoms with E-state index >= 15 is 0 Å². The molecule has 116 valence electrons. The maximum Gasteiger partial charge on any atom is 0.275 e. The van der Waals surface area contributed by atoms with Crippen LogP contribution in [0.25, 0.3) is 0 Å². The van der Waals surface area contributed by atoms with Gasteiger partial charge in [-0.1, -0.05) is 6.92 Å². The largest absolute Gasteiger partial charge is 0.484 e. The normalized spacial score (nSPS) is 24.5. The number of aryl methyl sites for hydroxylation is 1. The number of halogens is 1. The Labute approximate surface area is 122 Å². The van der Waals surface area contributed by atoms with Crippen LogP contribution < -0.4 is 10.5 Å². The van der Waals surface area contributed by atoms with E-state index in [-0.39, 0.29) is 29.7 Å². The molecule has 7 heteroatoms. The van der Waals surface area contributed by atoms with Crippen molar-refractivity contribution in [3.05, 3.63) is 33.6 Å². The van der Waals surface area contributed by atoms with Crippen molar-refractivity contribution in [2.24, 2.45) is 5.73 Å². The summed E-state index contributed by atoms with van der Waals surface area (Å²) in [4.78, 5) is 10.1. The zero-order valence-electron chi connectivity index (χ0n) is 12.0. The molecule has 1 aliphatic carbocycles. The number of nitrogens with two attached hydrogens (primary N) is 1. The van der Waals surface area contributed by atoms with E-state index in [4.69, 9.17) is 15.2 Å². The summed E-state index contributed by atoms with van der Waals surface area (Å²) in [6, 6.07) is 2.10. The Balaban J connectivity index is 2.09. The average molecular weight is 298 g/mol. The molecule has 2 rings (SSSR count). The average Bonchev–Trinajstić information content (AvgIpc) is 2.41. The van der Waals surface area contributed by atoms with Gasteiger partial charge in [0.1, 0.15) is 12.2 Å². The maximum atomic E-state index is 13.9. The van der Waals surface area contributed by atoms with Gasteiger partial charge in [-0.2, -0.15) is 0 Å². The molecule has 0 amide bonds. The molecule has 1 saturated carbocycles. The number of hydrogen-bond donors (Lipinski definition) is 1. The van der Waals surface area contributed by atoms with E-state index in [0.717, 1.165) is 12.5 Å². The van der Waals surface area contributed by atoms with Crippen molar-refractivity contribution in [2.45, 2.75) is 44.9 Å². The molecule has 0 saturated heterocycles. The van der Waals surface area contributed by atoms with E-state index in [0.29, 0.717) is 18.6 Å². The number of ether oxygens (including phenoxy) is 2. The van der Waals surface area contributed by atoms with Gasteiger partial charge in [-0.15, -0.1) is 0 Å². The van der Waals surface area contributed by atoms with Crippen LogP contribution >= 0.6 is 0 Å². The molecule has 21 heavy (non-hydrogen) atoms. The fraction of sp³-hybridized carbons (Fsp3) is 0.571. The van der Waals surface area contributed by atoms with Crippen LogP contribution in [-0.2, 0) is 4.74 Å². The van der Waals surface area contributed by atoms with Crippen molar-refractivity contribution in [1.82, 2.24) is 0 Å². The molecule has 0 spiro atoms. The molecule has 0 radical (unpaired) electrons. The Morgan fingerprint density at radius 1 is 1.52 bits per heavy atom. The van der Waals surface area contributed by atoms with Crippen LogP contribution in [0.3, 0.4) is 0 Å². The maximum absolute atomic E-state index is 13.9. The lowest BCUT2D eigenvalue weighted by Crippen LogP contribution is -2.59. The van der Waals surface area contributed by atoms with Gasteiger partial charge in [0, 0.05) is 24.6 Å². The van der Waals surface area contributed by atoms with Crippen molar-refractivity contribution in [1.29, 1.82) is 0 Å². The molecular formula is C14H19FN2O4. The first kappa shape index (κ1) is 15.7. The SMILES string of the molecule is CCCOC1C(N)CC1Oc1cc(C)c([N+](=O)[O-])cc1F. The summed E-state index contributed by atoms with van der Waals surface area (Å²) < 4.78 is 25.0. The Hall–Kier alpha value is -1.73. The Morgan fingerprint density at radius 2 is 2.24 bits per heavy atom. The summed E-state index contributed by atoms with van der Waals surface area (Å²) in [6.45, 7) is 4.10. The summed E-state index contributed by atoms with van der Waals surface area (Å²) in [6.07, 6.45) is 0.854. The molecule has 6 nitrogen and oxygen atoms in total. The highest BCUT2D eigenvalue weighted by Crippen LogP contribution is 2.32. The third kappa shape index (κ3) is 3.30. The molecule has 2 N–H and O–H groups in total. The third-order valence-corrected chi connectivity index (χ3v) is 3.53. The summed E-state index contributed by atoms with van der Waals surface area (Å²) in [5.41, 5.74) is 5.94. The van der Waals surface area contributed by atoms with Crippen molar-refractivity contribution in [3.8, 4) is 5.75 Å². The predicted octanol–water partition coefficient (Wildman–Crippen LogP) is 2.32. The quantitative estimate of drug-likeness (QED) is 0.643. The van der Waals surface area contributed by atoms with Crippen molar-refractivity contribution < 1.29 is 18.8 Å². The number of nitro benzene ring substituents is 1. The van der Waals surface area contributed by atoms with E-state index < -0.39 is 10.7 Å². The fourth-order valence-electron chi connectivity index (χ4n) is 2.31. The van der Waals surface area contributed by atoms with Crippen LogP contribution in [0.5, 0.6) is 5.75 Å². The lowest BCUT2D eigenvalue weighted by Gasteiger charge is -2.41. The first-order valence-corrected chi connectivity index (χ1v) is 6.92. The monoisotopic (exact) mass is 298 g/mol. The van der Waals surface area contributed by atoms with Crippen molar-refractivity contribution >= 4 is 5.69 Å². The molecule has 0 aliphatic heterocycles. The first-order valence-electron chi connectivity index (χ1n) is 6.92. The minimum Gasteiger partial charge on any atom is -0.484 e. The van der Waals surface area contributed by atoms with Gasteiger partial charge in [0.05, 0.1) is 11.0 Å². The van der Waals surface area contributed by atoms with Crippen molar-refractivity contribution in [3.63, 3.8) is 0 Å². The highest BCUT2D eigenvalue weighted by atomic mass is 19.1. The van der Waals surface area contributed by atoms with Crippen LogP contribution in [-0.4, -0.2) is 29.8 Å². The van der Waals surface area contributed by atoms with Crippen molar-refractivity contribution in [2.75, 3.05) is 6.61 Å². The molecule has 0 bridgehead atoms. The van der Waals surface area contributed by atoms with Crippen LogP contribution in [0.1, 0.15) is 25.3 Å². The van der Waals surface area contributed by atoms with Crippen LogP contribution in [0.4, 0.5) is 10.1 Å². The molecule has 1 fully saturated rings. The summed E-state index contributed by atoms with van der Waals surface area (Å²) in [7, 11) is 0. The van der Waals surface area contributed by atoms with E-state index in [1.54, 1.807) is 6.92 Å². The molecule has 0 heterocycles. The van der Waals surface area contributed by atoms with Crippen LogP contribution in [0, 0.1) is 22.9 Å². The lowest BCUT2D eigenvalue weighted by atomic mass is 9.86. The Morgan fingerprint density at radius 3 is 2.81 bits per heavy atom. The summed E-state index contributed by atoms with van der Waals surface area (Å²) in [5, 5.41) is 10.7. The zero-order chi connectivity index (χ0) is 15.6. The van der Waals surface area contributed by atoms with Gasteiger partial charge >= 0.3 is 0 Å². The van der Waals surface area contributed by atoms with E-state index in [9.17, 15) is 14.5 Å². The zero-order valence-corrected chi connectivity index (χ0v) is 12.0. The number of hydrogen-bond acceptors (Lipinski definition) is 5. The Bertz CT molecular complexity index is 538. The van der Waals surface area contributed by atoms with Gasteiger partial charge in [0.2, 0.25) is 0 Å². The minimum atomic E-state index is -0.748. The second-order valence-corrected chi connectivity index (χ2v) is 5.22. The predicted molar refractivity (Wildman–Crippen MR) is 74.8 cm³/mol. The molecule has 3 atom stereocenters. The van der Waals surface area contributed by atoms with Gasteiger partial charge in [-0.3, -0.25) is 10.1 Å². The molecular weight excluding hydrogens is 279 g/mol. The van der Waals surface area contributed by atoms with Gasteiger partial charge in [0.25, 0.3) is 5.69 Å². The molecule has 0 aromatic heterocycles. The number of nitrogens with zero attached hydrogens (tertiary/aromatic N) is 1. The number of rotatable bonds is 6. The second-order valence-electron chi connectivity index (χ2n) is 5.22. The lowest BCUT2D eigenvalue weighted by molar-refractivity contribution is -0.385. The topological polar surface area (TPSA) is 87.6 Å². The number of nitro groups is 1. The molecule has 3 unspecified atom stereocenters. The third-order valence-electron chi connectivity index (χ3n) is 3.53. The van der Waals surface area contributed by atoms with E-state index in [2.05, 4.69) is 0 Å². The van der Waals surface area contributed by atoms with Gasteiger partial charge in [-0.05, 0) is 19.4 Å². The van der Waals surface area contributed by atoms with Gasteiger partial charge < -0.3 is 15.2 Å². The van der Waals surface area contributed by atoms with Gasteiger partial charge in [-0.25, -0.2) is 4.39 Å².